The number of hydrogen-bond acceptors (Lipinski definition) is 3. The zero-order valence-electron chi connectivity index (χ0n) is 14.4. The fraction of sp³-hybridized carbons (Fsp3) is 0.600. The Morgan fingerprint density at radius 1 is 1.26 bits per heavy atom. The lowest BCUT2D eigenvalue weighted by Crippen LogP contribution is -2.34. The predicted octanol–water partition coefficient (Wildman–Crippen LogP) is 3.25. The van der Waals surface area contributed by atoms with E-state index in [1.165, 1.54) is 0 Å². The van der Waals surface area contributed by atoms with Gasteiger partial charge in [0.05, 0.1) is 6.10 Å². The molecule has 3 aliphatic rings. The molecular weight excluding hydrogens is 288 g/mol. The molecule has 124 valence electrons. The molecule has 0 unspecified atom stereocenters. The lowest BCUT2D eigenvalue weighted by atomic mass is 9.63. The first-order valence-corrected chi connectivity index (χ1v) is 8.62. The minimum atomic E-state index is -0.973. The summed E-state index contributed by atoms with van der Waals surface area (Å²) in [4.78, 5) is 25.6. The summed E-state index contributed by atoms with van der Waals surface area (Å²) in [5.74, 6) is 0.188. The highest BCUT2D eigenvalue weighted by Crippen LogP contribution is 2.51. The van der Waals surface area contributed by atoms with Gasteiger partial charge in [0.25, 0.3) is 0 Å². The molecule has 0 bridgehead atoms. The monoisotopic (exact) mass is 314 g/mol. The summed E-state index contributed by atoms with van der Waals surface area (Å²) in [6.07, 6.45) is 3.01. The van der Waals surface area contributed by atoms with Crippen molar-refractivity contribution < 1.29 is 14.7 Å². The molecule has 1 fully saturated rings. The Morgan fingerprint density at radius 3 is 2.52 bits per heavy atom. The predicted molar refractivity (Wildman–Crippen MR) is 89.6 cm³/mol. The lowest BCUT2D eigenvalue weighted by molar-refractivity contribution is -0.120. The van der Waals surface area contributed by atoms with Crippen LogP contribution >= 0.6 is 0 Å². The molecule has 0 aromatic carbocycles. The summed E-state index contributed by atoms with van der Waals surface area (Å²) in [5, 5.41) is 10.5. The third-order valence-electron chi connectivity index (χ3n) is 6.07. The van der Waals surface area contributed by atoms with Gasteiger partial charge in [0.15, 0.2) is 11.6 Å². The van der Waals surface area contributed by atoms with E-state index in [1.54, 1.807) is 6.92 Å². The zero-order valence-corrected chi connectivity index (χ0v) is 14.4. The standard InChI is InChI=1S/C20H26O3/c1-9(2)13-7-6-10(3)15-14(13)8-11(4)18(21)17-16(15)19(22)12(5)20(17)23/h8-9,12-15,20,23H,3,6-7H2,1-2,4-5H3/t12-,13+,14+,15+,20-/m1/s1. The highest BCUT2D eigenvalue weighted by atomic mass is 16.3. The second kappa shape index (κ2) is 5.55. The molecule has 3 heteroatoms. The van der Waals surface area contributed by atoms with E-state index >= 15 is 0 Å². The first-order chi connectivity index (χ1) is 10.8. The molecule has 0 aromatic heterocycles. The van der Waals surface area contributed by atoms with Crippen LogP contribution in [0.1, 0.15) is 40.5 Å². The molecule has 5 atom stereocenters. The topological polar surface area (TPSA) is 54.4 Å². The zero-order chi connectivity index (χ0) is 17.0. The van der Waals surface area contributed by atoms with Crippen LogP contribution in [0.2, 0.25) is 0 Å². The first-order valence-electron chi connectivity index (χ1n) is 8.62. The Balaban J connectivity index is 2.21. The van der Waals surface area contributed by atoms with Gasteiger partial charge >= 0.3 is 0 Å². The molecule has 3 nitrogen and oxygen atoms in total. The fourth-order valence-electron chi connectivity index (χ4n) is 4.70. The molecule has 1 N–H and O–H groups in total. The Bertz CT molecular complexity index is 650. The van der Waals surface area contributed by atoms with Gasteiger partial charge in [0.1, 0.15) is 0 Å². The lowest BCUT2D eigenvalue weighted by Gasteiger charge is -2.40. The number of aliphatic hydroxyl groups excluding tert-OH is 1. The molecule has 0 amide bonds. The molecule has 0 aliphatic heterocycles. The molecule has 1 saturated carbocycles. The van der Waals surface area contributed by atoms with Gasteiger partial charge < -0.3 is 5.11 Å². The molecule has 3 rings (SSSR count). The number of carbonyl (C=O) groups excluding carboxylic acids is 2. The minimum absolute atomic E-state index is 0.0653. The molecule has 3 aliphatic carbocycles. The van der Waals surface area contributed by atoms with Crippen molar-refractivity contribution in [3.05, 3.63) is 34.9 Å². The van der Waals surface area contributed by atoms with Crippen LogP contribution in [-0.2, 0) is 9.59 Å². The van der Waals surface area contributed by atoms with Crippen LogP contribution < -0.4 is 0 Å². The van der Waals surface area contributed by atoms with Crippen molar-refractivity contribution in [3.8, 4) is 0 Å². The number of carbonyl (C=O) groups is 2. The van der Waals surface area contributed by atoms with Crippen molar-refractivity contribution in [2.75, 3.05) is 0 Å². The number of rotatable bonds is 1. The molecule has 23 heavy (non-hydrogen) atoms. The van der Waals surface area contributed by atoms with E-state index in [2.05, 4.69) is 20.4 Å². The average Bonchev–Trinajstić information content (AvgIpc) is 2.64. The van der Waals surface area contributed by atoms with Crippen LogP contribution in [0.4, 0.5) is 0 Å². The molecule has 0 spiro atoms. The summed E-state index contributed by atoms with van der Waals surface area (Å²) in [5.41, 5.74) is 2.59. The maximum Gasteiger partial charge on any atom is 0.187 e. The van der Waals surface area contributed by atoms with Gasteiger partial charge in [-0.25, -0.2) is 0 Å². The summed E-state index contributed by atoms with van der Waals surface area (Å²) >= 11 is 0. The number of hydrogen-bond donors (Lipinski definition) is 1. The number of fused-ring (bicyclic) bond motifs is 2. The van der Waals surface area contributed by atoms with Crippen molar-refractivity contribution in [2.24, 2.45) is 29.6 Å². The largest absolute Gasteiger partial charge is 0.387 e. The van der Waals surface area contributed by atoms with E-state index in [0.29, 0.717) is 28.6 Å². The van der Waals surface area contributed by atoms with Gasteiger partial charge in [0.2, 0.25) is 0 Å². The van der Waals surface area contributed by atoms with E-state index in [0.717, 1.165) is 18.4 Å². The highest BCUT2D eigenvalue weighted by molar-refractivity contribution is 6.18. The first kappa shape index (κ1) is 16.4. The number of allylic oxidation sites excluding steroid dienone is 4. The maximum absolute atomic E-state index is 12.8. The van der Waals surface area contributed by atoms with Crippen LogP contribution in [0.25, 0.3) is 0 Å². The average molecular weight is 314 g/mol. The summed E-state index contributed by atoms with van der Waals surface area (Å²) in [6.45, 7) is 12.2. The van der Waals surface area contributed by atoms with E-state index in [4.69, 9.17) is 0 Å². The Morgan fingerprint density at radius 2 is 1.91 bits per heavy atom. The smallest absolute Gasteiger partial charge is 0.187 e. The Labute approximate surface area is 138 Å². The van der Waals surface area contributed by atoms with Gasteiger partial charge in [-0.1, -0.05) is 39.0 Å². The third kappa shape index (κ3) is 2.28. The van der Waals surface area contributed by atoms with Gasteiger partial charge in [0, 0.05) is 23.0 Å². The van der Waals surface area contributed by atoms with Crippen molar-refractivity contribution in [1.82, 2.24) is 0 Å². The molecule has 0 saturated heterocycles. The van der Waals surface area contributed by atoms with Crippen molar-refractivity contribution >= 4 is 11.6 Å². The third-order valence-corrected chi connectivity index (χ3v) is 6.07. The van der Waals surface area contributed by atoms with E-state index in [9.17, 15) is 14.7 Å². The van der Waals surface area contributed by atoms with E-state index in [-0.39, 0.29) is 23.4 Å². The van der Waals surface area contributed by atoms with Crippen LogP contribution in [0.5, 0.6) is 0 Å². The van der Waals surface area contributed by atoms with Crippen molar-refractivity contribution in [3.63, 3.8) is 0 Å². The van der Waals surface area contributed by atoms with Gasteiger partial charge in [-0.3, -0.25) is 9.59 Å². The summed E-state index contributed by atoms with van der Waals surface area (Å²) < 4.78 is 0. The molecule has 0 heterocycles. The second-order valence-corrected chi connectivity index (χ2v) is 7.76. The van der Waals surface area contributed by atoms with Gasteiger partial charge in [-0.05, 0) is 43.1 Å². The summed E-state index contributed by atoms with van der Waals surface area (Å²) in [6, 6.07) is 0. The number of Topliss-reactive ketones (excluding diaryl/α,β-unsaturated/α-hetero) is 2. The number of aliphatic hydroxyl groups is 1. The minimum Gasteiger partial charge on any atom is -0.387 e. The SMILES string of the molecule is C=C1CC[C@@H](C(C)C)[C@@H]2C=C(C)C(=O)C3=C(C(=O)[C@@H](C)[C@H]3O)[C@@H]12. The fourth-order valence-corrected chi connectivity index (χ4v) is 4.70. The van der Waals surface area contributed by atoms with Crippen LogP contribution in [-0.4, -0.2) is 22.8 Å². The van der Waals surface area contributed by atoms with E-state index < -0.39 is 12.0 Å². The molecule has 0 aromatic rings. The number of ketones is 2. The maximum atomic E-state index is 12.8. The molecule has 0 radical (unpaired) electrons. The Kier molecular flexibility index (Phi) is 3.96. The highest BCUT2D eigenvalue weighted by Gasteiger charge is 2.50. The molecular formula is C20H26O3. The van der Waals surface area contributed by atoms with Crippen molar-refractivity contribution in [1.29, 1.82) is 0 Å². The van der Waals surface area contributed by atoms with Crippen LogP contribution in [0.15, 0.2) is 34.9 Å². The Hall–Kier alpha value is -1.48. The van der Waals surface area contributed by atoms with Crippen LogP contribution in [0.3, 0.4) is 0 Å². The van der Waals surface area contributed by atoms with Gasteiger partial charge in [-0.2, -0.15) is 0 Å². The van der Waals surface area contributed by atoms with Crippen LogP contribution in [0, 0.1) is 29.6 Å². The second-order valence-electron chi connectivity index (χ2n) is 7.76. The normalized spacial score (nSPS) is 37.7. The van der Waals surface area contributed by atoms with Crippen molar-refractivity contribution in [2.45, 2.75) is 46.6 Å². The quantitative estimate of drug-likeness (QED) is 0.756. The van der Waals surface area contributed by atoms with E-state index in [1.807, 2.05) is 13.0 Å². The summed E-state index contributed by atoms with van der Waals surface area (Å²) in [7, 11) is 0. The van der Waals surface area contributed by atoms with Gasteiger partial charge in [-0.15, -0.1) is 0 Å².